The zero-order valence-electron chi connectivity index (χ0n) is 8.87. The molecule has 1 aromatic rings. The van der Waals surface area contributed by atoms with Gasteiger partial charge in [0.25, 0.3) is 0 Å². The molecule has 1 heterocycles. The molecule has 15 heavy (non-hydrogen) atoms. The maximum atomic E-state index is 11.4. The maximum absolute atomic E-state index is 11.4. The molecule has 0 aromatic carbocycles. The first kappa shape index (κ1) is 12.2. The molecule has 82 valence electrons. The number of anilines is 1. The topological polar surface area (TPSA) is 51.2 Å². The quantitative estimate of drug-likeness (QED) is 0.639. The minimum atomic E-state index is -0.482. The van der Waals surface area contributed by atoms with Crippen molar-refractivity contribution in [1.29, 1.82) is 0 Å². The van der Waals surface area contributed by atoms with Gasteiger partial charge in [-0.2, -0.15) is 0 Å². The van der Waals surface area contributed by atoms with Gasteiger partial charge in [0.2, 0.25) is 0 Å². The van der Waals surface area contributed by atoms with Gasteiger partial charge < -0.3 is 4.74 Å². The molecule has 0 aliphatic rings. The summed E-state index contributed by atoms with van der Waals surface area (Å²) in [6.45, 7) is 5.47. The van der Waals surface area contributed by atoms with Crippen LogP contribution < -0.4 is 5.32 Å². The number of ether oxygens (including phenoxy) is 1. The van der Waals surface area contributed by atoms with Gasteiger partial charge in [-0.1, -0.05) is 0 Å². The van der Waals surface area contributed by atoms with Crippen LogP contribution in [0.15, 0.2) is 18.3 Å². The number of carbonyl (C=O) groups excluding carboxylic acids is 1. The van der Waals surface area contributed by atoms with Crippen molar-refractivity contribution in [2.75, 3.05) is 5.32 Å². The first-order valence-electron chi connectivity index (χ1n) is 4.48. The van der Waals surface area contributed by atoms with Crippen molar-refractivity contribution in [3.8, 4) is 0 Å². The highest BCUT2D eigenvalue weighted by Gasteiger charge is 2.16. The van der Waals surface area contributed by atoms with Gasteiger partial charge in [-0.05, 0) is 55.5 Å². The average Bonchev–Trinajstić information content (AvgIpc) is 1.99. The second kappa shape index (κ2) is 4.78. The van der Waals surface area contributed by atoms with E-state index >= 15 is 0 Å². The van der Waals surface area contributed by atoms with E-state index in [0.717, 1.165) is 3.70 Å². The number of rotatable bonds is 1. The predicted molar refractivity (Wildman–Crippen MR) is 66.8 cm³/mol. The van der Waals surface area contributed by atoms with Gasteiger partial charge in [0.15, 0.2) is 0 Å². The highest BCUT2D eigenvalue weighted by Crippen LogP contribution is 2.12. The fourth-order valence-electron chi connectivity index (χ4n) is 0.902. The van der Waals surface area contributed by atoms with E-state index < -0.39 is 11.7 Å². The number of hydrogen-bond donors (Lipinski definition) is 1. The number of nitrogens with one attached hydrogen (secondary N) is 1. The second-order valence-electron chi connectivity index (χ2n) is 3.99. The van der Waals surface area contributed by atoms with E-state index in [4.69, 9.17) is 4.74 Å². The van der Waals surface area contributed by atoms with Crippen LogP contribution in [0.25, 0.3) is 0 Å². The van der Waals surface area contributed by atoms with Crippen LogP contribution in [0.3, 0.4) is 0 Å². The maximum Gasteiger partial charge on any atom is 0.412 e. The fourth-order valence-corrected chi connectivity index (χ4v) is 1.40. The summed E-state index contributed by atoms with van der Waals surface area (Å²) < 4.78 is 5.93. The molecule has 0 saturated carbocycles. The Kier molecular flexibility index (Phi) is 3.90. The third kappa shape index (κ3) is 4.96. The van der Waals surface area contributed by atoms with Crippen LogP contribution >= 0.6 is 22.6 Å². The van der Waals surface area contributed by atoms with E-state index in [2.05, 4.69) is 32.9 Å². The number of aromatic nitrogens is 1. The average molecular weight is 320 g/mol. The lowest BCUT2D eigenvalue weighted by molar-refractivity contribution is 0.0636. The summed E-state index contributed by atoms with van der Waals surface area (Å²) in [6.07, 6.45) is 1.18. The Bertz CT molecular complexity index is 361. The second-order valence-corrected chi connectivity index (χ2v) is 5.10. The van der Waals surface area contributed by atoms with E-state index in [1.807, 2.05) is 20.8 Å². The molecule has 0 unspecified atom stereocenters. The van der Waals surface area contributed by atoms with Crippen LogP contribution in [0, 0.1) is 3.70 Å². The zero-order valence-corrected chi connectivity index (χ0v) is 11.0. The smallest absolute Gasteiger partial charge is 0.412 e. The number of nitrogens with zero attached hydrogens (tertiary/aromatic N) is 1. The molecule has 0 spiro atoms. The SMILES string of the molecule is CC(C)(C)OC(=O)Nc1ccnc(I)c1. The molecule has 1 amide bonds. The van der Waals surface area contributed by atoms with Crippen LogP contribution in [0.4, 0.5) is 10.5 Å². The summed E-state index contributed by atoms with van der Waals surface area (Å²) in [7, 11) is 0. The summed E-state index contributed by atoms with van der Waals surface area (Å²) in [4.78, 5) is 15.4. The minimum Gasteiger partial charge on any atom is -0.444 e. The molecule has 0 radical (unpaired) electrons. The highest BCUT2D eigenvalue weighted by molar-refractivity contribution is 14.1. The molecule has 0 aliphatic carbocycles. The third-order valence-corrected chi connectivity index (χ3v) is 1.96. The Hall–Kier alpha value is -0.850. The van der Waals surface area contributed by atoms with Crippen LogP contribution in [0.5, 0.6) is 0 Å². The lowest BCUT2D eigenvalue weighted by atomic mass is 10.2. The lowest BCUT2D eigenvalue weighted by Crippen LogP contribution is -2.27. The molecule has 0 bridgehead atoms. The number of carbonyl (C=O) groups is 1. The number of halogens is 1. The van der Waals surface area contributed by atoms with Crippen molar-refractivity contribution < 1.29 is 9.53 Å². The van der Waals surface area contributed by atoms with Gasteiger partial charge in [-0.3, -0.25) is 10.3 Å². The van der Waals surface area contributed by atoms with Crippen molar-refractivity contribution in [3.05, 3.63) is 22.0 Å². The number of pyridine rings is 1. The van der Waals surface area contributed by atoms with Gasteiger partial charge in [-0.15, -0.1) is 0 Å². The van der Waals surface area contributed by atoms with Gasteiger partial charge in [-0.25, -0.2) is 4.79 Å². The van der Waals surface area contributed by atoms with Crippen LogP contribution in [0.2, 0.25) is 0 Å². The van der Waals surface area contributed by atoms with E-state index in [1.165, 1.54) is 0 Å². The van der Waals surface area contributed by atoms with E-state index in [1.54, 1.807) is 18.3 Å². The Morgan fingerprint density at radius 3 is 2.73 bits per heavy atom. The molecular formula is C10H13IN2O2. The van der Waals surface area contributed by atoms with Crippen molar-refractivity contribution >= 4 is 34.4 Å². The molecule has 0 saturated heterocycles. The monoisotopic (exact) mass is 320 g/mol. The summed E-state index contributed by atoms with van der Waals surface area (Å²) >= 11 is 2.08. The summed E-state index contributed by atoms with van der Waals surface area (Å²) in [5, 5.41) is 2.63. The van der Waals surface area contributed by atoms with E-state index in [0.29, 0.717) is 5.69 Å². The molecule has 1 aromatic heterocycles. The fraction of sp³-hybridized carbons (Fsp3) is 0.400. The third-order valence-electron chi connectivity index (χ3n) is 1.37. The first-order valence-corrected chi connectivity index (χ1v) is 5.56. The predicted octanol–water partition coefficient (Wildman–Crippen LogP) is 3.03. The van der Waals surface area contributed by atoms with E-state index in [9.17, 15) is 4.79 Å². The molecule has 1 N–H and O–H groups in total. The van der Waals surface area contributed by atoms with Crippen molar-refractivity contribution in [2.45, 2.75) is 26.4 Å². The molecule has 4 nitrogen and oxygen atoms in total. The number of amides is 1. The highest BCUT2D eigenvalue weighted by atomic mass is 127. The molecule has 0 fully saturated rings. The molecule has 1 rings (SSSR count). The van der Waals surface area contributed by atoms with Crippen LogP contribution in [-0.2, 0) is 4.74 Å². The Morgan fingerprint density at radius 1 is 1.53 bits per heavy atom. The Labute approximate surface area is 103 Å². The molecule has 0 atom stereocenters. The molecular weight excluding hydrogens is 307 g/mol. The minimum absolute atomic E-state index is 0.454. The van der Waals surface area contributed by atoms with Gasteiger partial charge >= 0.3 is 6.09 Å². The van der Waals surface area contributed by atoms with E-state index in [-0.39, 0.29) is 0 Å². The lowest BCUT2D eigenvalue weighted by Gasteiger charge is -2.19. The van der Waals surface area contributed by atoms with Crippen molar-refractivity contribution in [1.82, 2.24) is 4.98 Å². The normalized spacial score (nSPS) is 10.9. The van der Waals surface area contributed by atoms with Crippen molar-refractivity contribution in [2.24, 2.45) is 0 Å². The Morgan fingerprint density at radius 2 is 2.20 bits per heavy atom. The standard InChI is InChI=1S/C10H13IN2O2/c1-10(2,3)15-9(14)13-7-4-5-12-8(11)6-7/h4-6H,1-3H3,(H,12,13,14). The largest absolute Gasteiger partial charge is 0.444 e. The number of hydrogen-bond acceptors (Lipinski definition) is 3. The Balaban J connectivity index is 2.59. The molecule has 5 heteroatoms. The van der Waals surface area contributed by atoms with Gasteiger partial charge in [0.1, 0.15) is 9.30 Å². The first-order chi connectivity index (χ1) is 6.87. The summed E-state index contributed by atoms with van der Waals surface area (Å²) in [6, 6.07) is 3.48. The van der Waals surface area contributed by atoms with Crippen molar-refractivity contribution in [3.63, 3.8) is 0 Å². The molecule has 0 aliphatic heterocycles. The van der Waals surface area contributed by atoms with Gasteiger partial charge in [0.05, 0.1) is 0 Å². The van der Waals surface area contributed by atoms with Gasteiger partial charge in [0, 0.05) is 11.9 Å². The summed E-state index contributed by atoms with van der Waals surface area (Å²) in [5.41, 5.74) is 0.202. The van der Waals surface area contributed by atoms with Crippen LogP contribution in [-0.4, -0.2) is 16.7 Å². The zero-order chi connectivity index (χ0) is 11.5. The summed E-state index contributed by atoms with van der Waals surface area (Å²) in [5.74, 6) is 0. The van der Waals surface area contributed by atoms with Crippen LogP contribution in [0.1, 0.15) is 20.8 Å².